The van der Waals surface area contributed by atoms with Crippen molar-refractivity contribution in [1.29, 1.82) is 0 Å². The van der Waals surface area contributed by atoms with E-state index in [9.17, 15) is 13.2 Å². The largest absolute Gasteiger partial charge is 0.465 e. The molecule has 0 aromatic rings. The summed E-state index contributed by atoms with van der Waals surface area (Å²) >= 11 is 0. The van der Waals surface area contributed by atoms with Gasteiger partial charge in [0.25, 0.3) is 0 Å². The van der Waals surface area contributed by atoms with Gasteiger partial charge in [0.15, 0.2) is 0 Å². The van der Waals surface area contributed by atoms with Gasteiger partial charge in [0.1, 0.15) is 0 Å². The van der Waals surface area contributed by atoms with Crippen LogP contribution >= 0.6 is 0 Å². The molecule has 0 rings (SSSR count). The molecule has 0 fully saturated rings. The molecule has 0 aliphatic carbocycles. The van der Waals surface area contributed by atoms with Crippen LogP contribution in [0.4, 0.5) is 0 Å². The standard InChI is InChI=1S/C18H36O6S/c1-4-6-8-9-10-11-13-17(12-7-5-2)15-23-18(19)14-16(3)24-25(20,21)22/h16-17H,4-15H2,1-3H3,(H,20,21,22). The Morgan fingerprint density at radius 1 is 0.960 bits per heavy atom. The second-order valence-electron chi connectivity index (χ2n) is 6.79. The topological polar surface area (TPSA) is 89.9 Å². The molecule has 0 amide bonds. The van der Waals surface area contributed by atoms with Crippen LogP contribution in [0, 0.1) is 5.92 Å². The van der Waals surface area contributed by atoms with Crippen molar-refractivity contribution in [3.8, 4) is 0 Å². The Hall–Kier alpha value is -0.660. The fraction of sp³-hybridized carbons (Fsp3) is 0.944. The summed E-state index contributed by atoms with van der Waals surface area (Å²) in [5.41, 5.74) is 0. The number of ether oxygens (including phenoxy) is 1. The highest BCUT2D eigenvalue weighted by Crippen LogP contribution is 2.19. The molecule has 7 heteroatoms. The molecule has 0 saturated heterocycles. The van der Waals surface area contributed by atoms with Gasteiger partial charge in [-0.2, -0.15) is 8.42 Å². The van der Waals surface area contributed by atoms with Crippen molar-refractivity contribution >= 4 is 16.4 Å². The van der Waals surface area contributed by atoms with E-state index in [4.69, 9.17) is 9.29 Å². The summed E-state index contributed by atoms with van der Waals surface area (Å²) in [5, 5.41) is 0. The maximum Gasteiger partial charge on any atom is 0.397 e. The lowest BCUT2D eigenvalue weighted by Crippen LogP contribution is -2.21. The monoisotopic (exact) mass is 380 g/mol. The smallest absolute Gasteiger partial charge is 0.397 e. The molecule has 0 radical (unpaired) electrons. The number of carbonyl (C=O) groups excluding carboxylic acids is 1. The van der Waals surface area contributed by atoms with Crippen molar-refractivity contribution in [3.63, 3.8) is 0 Å². The molecule has 0 aromatic heterocycles. The minimum absolute atomic E-state index is 0.197. The Bertz CT molecular complexity index is 435. The van der Waals surface area contributed by atoms with Crippen molar-refractivity contribution < 1.29 is 26.7 Å². The van der Waals surface area contributed by atoms with Crippen LogP contribution in [0.2, 0.25) is 0 Å². The molecule has 6 nitrogen and oxygen atoms in total. The number of carbonyl (C=O) groups is 1. The van der Waals surface area contributed by atoms with Crippen molar-refractivity contribution in [3.05, 3.63) is 0 Å². The average Bonchev–Trinajstić information content (AvgIpc) is 2.50. The van der Waals surface area contributed by atoms with Crippen LogP contribution in [0.1, 0.15) is 91.4 Å². The lowest BCUT2D eigenvalue weighted by molar-refractivity contribution is -0.146. The fourth-order valence-electron chi connectivity index (χ4n) is 2.76. The van der Waals surface area contributed by atoms with E-state index in [0.29, 0.717) is 12.5 Å². The van der Waals surface area contributed by atoms with Crippen LogP contribution in [-0.4, -0.2) is 31.7 Å². The summed E-state index contributed by atoms with van der Waals surface area (Å²) in [7, 11) is -4.54. The van der Waals surface area contributed by atoms with E-state index in [1.807, 2.05) is 0 Å². The molecular formula is C18H36O6S. The van der Waals surface area contributed by atoms with Crippen LogP contribution in [0.25, 0.3) is 0 Å². The zero-order valence-corrected chi connectivity index (χ0v) is 16.9. The van der Waals surface area contributed by atoms with Crippen LogP contribution in [0.5, 0.6) is 0 Å². The molecule has 25 heavy (non-hydrogen) atoms. The van der Waals surface area contributed by atoms with E-state index in [1.54, 1.807) is 0 Å². The first-order chi connectivity index (χ1) is 11.8. The van der Waals surface area contributed by atoms with E-state index in [0.717, 1.165) is 32.1 Å². The first kappa shape index (κ1) is 24.3. The van der Waals surface area contributed by atoms with E-state index >= 15 is 0 Å². The van der Waals surface area contributed by atoms with Gasteiger partial charge < -0.3 is 4.74 Å². The van der Waals surface area contributed by atoms with Crippen LogP contribution < -0.4 is 0 Å². The molecule has 0 aromatic carbocycles. The van der Waals surface area contributed by atoms with Crippen molar-refractivity contribution in [2.24, 2.45) is 5.92 Å². The van der Waals surface area contributed by atoms with E-state index < -0.39 is 22.5 Å². The van der Waals surface area contributed by atoms with Gasteiger partial charge in [-0.3, -0.25) is 9.35 Å². The van der Waals surface area contributed by atoms with Gasteiger partial charge in [-0.25, -0.2) is 4.18 Å². The Labute approximate surface area is 153 Å². The number of hydrogen-bond donors (Lipinski definition) is 1. The van der Waals surface area contributed by atoms with E-state index in [2.05, 4.69) is 18.0 Å². The summed E-state index contributed by atoms with van der Waals surface area (Å²) in [4.78, 5) is 11.8. The minimum atomic E-state index is -4.54. The summed E-state index contributed by atoms with van der Waals surface area (Å²) in [6.07, 6.45) is 10.6. The van der Waals surface area contributed by atoms with Gasteiger partial charge in [0.05, 0.1) is 19.1 Å². The summed E-state index contributed by atoms with van der Waals surface area (Å²) in [6.45, 7) is 6.12. The molecule has 0 spiro atoms. The number of hydrogen-bond acceptors (Lipinski definition) is 5. The van der Waals surface area contributed by atoms with Crippen molar-refractivity contribution in [1.82, 2.24) is 0 Å². The summed E-state index contributed by atoms with van der Waals surface area (Å²) in [5.74, 6) is -0.145. The number of rotatable bonds is 16. The molecule has 0 aliphatic heterocycles. The predicted octanol–water partition coefficient (Wildman–Crippen LogP) is 4.68. The van der Waals surface area contributed by atoms with E-state index in [-0.39, 0.29) is 6.42 Å². The first-order valence-corrected chi connectivity index (χ1v) is 11.0. The molecule has 0 heterocycles. The third-order valence-corrected chi connectivity index (χ3v) is 4.72. The maximum atomic E-state index is 11.8. The van der Waals surface area contributed by atoms with Gasteiger partial charge >= 0.3 is 16.4 Å². The summed E-state index contributed by atoms with van der Waals surface area (Å²) in [6, 6.07) is 0. The fourth-order valence-corrected chi connectivity index (χ4v) is 3.25. The Morgan fingerprint density at radius 2 is 1.52 bits per heavy atom. The van der Waals surface area contributed by atoms with E-state index in [1.165, 1.54) is 39.0 Å². The molecular weight excluding hydrogens is 344 g/mol. The highest BCUT2D eigenvalue weighted by molar-refractivity contribution is 7.80. The highest BCUT2D eigenvalue weighted by atomic mass is 32.3. The molecule has 150 valence electrons. The van der Waals surface area contributed by atoms with Gasteiger partial charge in [-0.05, 0) is 25.7 Å². The Morgan fingerprint density at radius 3 is 2.12 bits per heavy atom. The zero-order chi connectivity index (χ0) is 19.1. The molecule has 2 atom stereocenters. The van der Waals surface area contributed by atoms with Gasteiger partial charge in [0.2, 0.25) is 0 Å². The summed E-state index contributed by atoms with van der Waals surface area (Å²) < 4.78 is 39.4. The first-order valence-electron chi connectivity index (χ1n) is 9.59. The molecule has 1 N–H and O–H groups in total. The maximum absolute atomic E-state index is 11.8. The molecule has 0 bridgehead atoms. The Kier molecular flexibility index (Phi) is 14.1. The Balaban J connectivity index is 4.09. The average molecular weight is 381 g/mol. The second kappa shape index (κ2) is 14.5. The molecule has 0 aliphatic rings. The highest BCUT2D eigenvalue weighted by Gasteiger charge is 2.18. The third-order valence-electron chi connectivity index (χ3n) is 4.15. The third kappa shape index (κ3) is 16.6. The second-order valence-corrected chi connectivity index (χ2v) is 7.83. The van der Waals surface area contributed by atoms with Crippen molar-refractivity contribution in [2.45, 2.75) is 97.5 Å². The van der Waals surface area contributed by atoms with Crippen LogP contribution in [-0.2, 0) is 24.1 Å². The van der Waals surface area contributed by atoms with Crippen molar-refractivity contribution in [2.75, 3.05) is 6.61 Å². The van der Waals surface area contributed by atoms with Crippen LogP contribution in [0.3, 0.4) is 0 Å². The van der Waals surface area contributed by atoms with Gasteiger partial charge in [-0.1, -0.05) is 65.2 Å². The lowest BCUT2D eigenvalue weighted by atomic mass is 9.96. The quantitative estimate of drug-likeness (QED) is 0.237. The van der Waals surface area contributed by atoms with Gasteiger partial charge in [-0.15, -0.1) is 0 Å². The van der Waals surface area contributed by atoms with Gasteiger partial charge in [0, 0.05) is 0 Å². The number of esters is 1. The van der Waals surface area contributed by atoms with Crippen LogP contribution in [0.15, 0.2) is 0 Å². The normalized spacial score (nSPS) is 14.2. The minimum Gasteiger partial charge on any atom is -0.465 e. The molecule has 0 saturated carbocycles. The SMILES string of the molecule is CCCCCCCCC(CCCC)COC(=O)CC(C)OS(=O)(=O)O. The number of unbranched alkanes of at least 4 members (excludes halogenated alkanes) is 6. The zero-order valence-electron chi connectivity index (χ0n) is 16.0. The predicted molar refractivity (Wildman–Crippen MR) is 98.7 cm³/mol. The molecule has 2 unspecified atom stereocenters. The lowest BCUT2D eigenvalue weighted by Gasteiger charge is -2.17.